The van der Waals surface area contributed by atoms with Crippen molar-refractivity contribution >= 4 is 0 Å². The van der Waals surface area contributed by atoms with Crippen LogP contribution in [0.15, 0.2) is 18.2 Å². The van der Waals surface area contributed by atoms with E-state index in [4.69, 9.17) is 4.74 Å². The van der Waals surface area contributed by atoms with E-state index in [0.29, 0.717) is 0 Å². The Hall–Kier alpha value is -0.980. The van der Waals surface area contributed by atoms with Crippen molar-refractivity contribution < 1.29 is 4.74 Å². The van der Waals surface area contributed by atoms with E-state index in [1.807, 2.05) is 0 Å². The van der Waals surface area contributed by atoms with Gasteiger partial charge in [0, 0.05) is 0 Å². The monoisotopic (exact) mass is 234 g/mol. The molecule has 0 aliphatic rings. The highest BCUT2D eigenvalue weighted by Crippen LogP contribution is 2.23. The first-order chi connectivity index (χ1) is 8.33. The second-order valence-electron chi connectivity index (χ2n) is 4.51. The molecule has 0 aliphatic heterocycles. The lowest BCUT2D eigenvalue weighted by molar-refractivity contribution is 0.302. The highest BCUT2D eigenvalue weighted by Gasteiger charge is 2.05. The topological polar surface area (TPSA) is 9.23 Å². The van der Waals surface area contributed by atoms with Crippen molar-refractivity contribution in [1.82, 2.24) is 0 Å². The smallest absolute Gasteiger partial charge is 0.122 e. The molecule has 96 valence electrons. The van der Waals surface area contributed by atoms with Crippen LogP contribution in [0.5, 0.6) is 5.75 Å². The fourth-order valence-electron chi connectivity index (χ4n) is 2.19. The number of hydrogen-bond acceptors (Lipinski definition) is 1. The van der Waals surface area contributed by atoms with E-state index in [-0.39, 0.29) is 0 Å². The third-order valence-corrected chi connectivity index (χ3v) is 3.22. The molecule has 0 unspecified atom stereocenters. The summed E-state index contributed by atoms with van der Waals surface area (Å²) in [5, 5.41) is 0. The average molecular weight is 234 g/mol. The van der Waals surface area contributed by atoms with Gasteiger partial charge in [-0.2, -0.15) is 0 Å². The molecular weight excluding hydrogens is 208 g/mol. The Morgan fingerprint density at radius 1 is 0.941 bits per heavy atom. The molecule has 1 nitrogen and oxygen atoms in total. The van der Waals surface area contributed by atoms with Crippen LogP contribution in [0, 0.1) is 0 Å². The summed E-state index contributed by atoms with van der Waals surface area (Å²) in [6.07, 6.45) is 7.22. The maximum absolute atomic E-state index is 5.92. The van der Waals surface area contributed by atoms with E-state index in [2.05, 4.69) is 39.0 Å². The van der Waals surface area contributed by atoms with Gasteiger partial charge >= 0.3 is 0 Å². The largest absolute Gasteiger partial charge is 0.493 e. The van der Waals surface area contributed by atoms with E-state index in [0.717, 1.165) is 25.2 Å². The van der Waals surface area contributed by atoms with E-state index in [9.17, 15) is 0 Å². The van der Waals surface area contributed by atoms with Crippen LogP contribution in [0.2, 0.25) is 0 Å². The molecule has 17 heavy (non-hydrogen) atoms. The summed E-state index contributed by atoms with van der Waals surface area (Å²) in [5.41, 5.74) is 2.82. The van der Waals surface area contributed by atoms with Gasteiger partial charge in [0.15, 0.2) is 0 Å². The predicted octanol–water partition coefficient (Wildman–Crippen LogP) is 4.77. The zero-order valence-electron chi connectivity index (χ0n) is 11.6. The molecule has 0 heterocycles. The van der Waals surface area contributed by atoms with Crippen molar-refractivity contribution in [1.29, 1.82) is 0 Å². The number of ether oxygens (including phenoxy) is 1. The molecule has 1 aromatic rings. The van der Waals surface area contributed by atoms with Crippen molar-refractivity contribution in [2.24, 2.45) is 0 Å². The van der Waals surface area contributed by atoms with E-state index in [1.165, 1.54) is 36.8 Å². The summed E-state index contributed by atoms with van der Waals surface area (Å²) in [6, 6.07) is 6.43. The maximum Gasteiger partial charge on any atom is 0.122 e. The molecule has 1 rings (SSSR count). The van der Waals surface area contributed by atoms with Gasteiger partial charge in [-0.05, 0) is 36.5 Å². The Morgan fingerprint density at radius 2 is 1.76 bits per heavy atom. The minimum Gasteiger partial charge on any atom is -0.493 e. The summed E-state index contributed by atoms with van der Waals surface area (Å²) in [4.78, 5) is 0. The highest BCUT2D eigenvalue weighted by molar-refractivity contribution is 5.40. The Balaban J connectivity index is 2.52. The Labute approximate surface area is 106 Å². The van der Waals surface area contributed by atoms with Crippen LogP contribution in [0.3, 0.4) is 0 Å². The first kappa shape index (κ1) is 14.1. The summed E-state index contributed by atoms with van der Waals surface area (Å²) in [7, 11) is 0. The molecule has 0 aromatic heterocycles. The molecular formula is C16H26O. The summed E-state index contributed by atoms with van der Waals surface area (Å²) in [6.45, 7) is 7.51. The number of aryl methyl sites for hydroxylation is 1. The Bertz CT molecular complexity index is 317. The minimum absolute atomic E-state index is 0.861. The fourth-order valence-corrected chi connectivity index (χ4v) is 2.19. The van der Waals surface area contributed by atoms with Gasteiger partial charge in [0.1, 0.15) is 5.75 Å². The molecule has 0 saturated heterocycles. The number of hydrogen-bond donors (Lipinski definition) is 0. The van der Waals surface area contributed by atoms with Crippen molar-refractivity contribution in [3.63, 3.8) is 0 Å². The molecule has 0 amide bonds. The lowest BCUT2D eigenvalue weighted by Crippen LogP contribution is -2.02. The fraction of sp³-hybridized carbons (Fsp3) is 0.625. The van der Waals surface area contributed by atoms with Gasteiger partial charge in [0.25, 0.3) is 0 Å². The van der Waals surface area contributed by atoms with Crippen LogP contribution in [0.4, 0.5) is 0 Å². The van der Waals surface area contributed by atoms with Crippen LogP contribution in [-0.2, 0) is 12.8 Å². The third-order valence-electron chi connectivity index (χ3n) is 3.22. The van der Waals surface area contributed by atoms with E-state index in [1.54, 1.807) is 0 Å². The molecule has 0 N–H and O–H groups in total. The van der Waals surface area contributed by atoms with Crippen LogP contribution in [0.25, 0.3) is 0 Å². The van der Waals surface area contributed by atoms with Gasteiger partial charge in [-0.1, -0.05) is 52.2 Å². The van der Waals surface area contributed by atoms with Crippen LogP contribution in [-0.4, -0.2) is 6.61 Å². The third kappa shape index (κ3) is 4.41. The number of benzene rings is 1. The van der Waals surface area contributed by atoms with Gasteiger partial charge in [0.2, 0.25) is 0 Å². The van der Waals surface area contributed by atoms with Gasteiger partial charge in [-0.3, -0.25) is 0 Å². The Kier molecular flexibility index (Phi) is 6.76. The lowest BCUT2D eigenvalue weighted by atomic mass is 10.0. The van der Waals surface area contributed by atoms with Gasteiger partial charge in [-0.15, -0.1) is 0 Å². The van der Waals surface area contributed by atoms with Gasteiger partial charge in [0.05, 0.1) is 6.61 Å². The van der Waals surface area contributed by atoms with Crippen molar-refractivity contribution in [2.45, 2.75) is 59.3 Å². The molecule has 0 bridgehead atoms. The van der Waals surface area contributed by atoms with Crippen molar-refractivity contribution in [2.75, 3.05) is 6.61 Å². The number of unbranched alkanes of at least 4 members (excludes halogenated alkanes) is 3. The average Bonchev–Trinajstić information content (AvgIpc) is 2.38. The van der Waals surface area contributed by atoms with E-state index < -0.39 is 0 Å². The zero-order chi connectivity index (χ0) is 12.5. The van der Waals surface area contributed by atoms with Crippen molar-refractivity contribution in [3.8, 4) is 5.75 Å². The molecule has 0 saturated carbocycles. The molecule has 0 spiro atoms. The SMILES string of the molecule is CCCCCCOc1cccc(CC)c1CC. The quantitative estimate of drug-likeness (QED) is 0.589. The molecule has 1 aromatic carbocycles. The molecule has 0 radical (unpaired) electrons. The lowest BCUT2D eigenvalue weighted by Gasteiger charge is -2.13. The van der Waals surface area contributed by atoms with Gasteiger partial charge < -0.3 is 4.74 Å². The predicted molar refractivity (Wildman–Crippen MR) is 74.8 cm³/mol. The second-order valence-corrected chi connectivity index (χ2v) is 4.51. The highest BCUT2D eigenvalue weighted by atomic mass is 16.5. The first-order valence-corrected chi connectivity index (χ1v) is 7.07. The number of rotatable bonds is 8. The molecule has 0 atom stereocenters. The van der Waals surface area contributed by atoms with Crippen molar-refractivity contribution in [3.05, 3.63) is 29.3 Å². The molecule has 0 aliphatic carbocycles. The summed E-state index contributed by atoms with van der Waals surface area (Å²) < 4.78 is 5.92. The first-order valence-electron chi connectivity index (χ1n) is 7.07. The zero-order valence-corrected chi connectivity index (χ0v) is 11.6. The standard InChI is InChI=1S/C16H26O/c1-4-7-8-9-13-17-16-12-10-11-14(5-2)15(16)6-3/h10-12H,4-9,13H2,1-3H3. The van der Waals surface area contributed by atoms with Crippen LogP contribution in [0.1, 0.15) is 57.6 Å². The van der Waals surface area contributed by atoms with Gasteiger partial charge in [-0.25, -0.2) is 0 Å². The van der Waals surface area contributed by atoms with E-state index >= 15 is 0 Å². The molecule has 1 heteroatoms. The summed E-state index contributed by atoms with van der Waals surface area (Å²) in [5.74, 6) is 1.10. The van der Waals surface area contributed by atoms with Crippen LogP contribution >= 0.6 is 0 Å². The maximum atomic E-state index is 5.92. The summed E-state index contributed by atoms with van der Waals surface area (Å²) >= 11 is 0. The molecule has 0 fully saturated rings. The minimum atomic E-state index is 0.861. The normalized spacial score (nSPS) is 10.5. The van der Waals surface area contributed by atoms with Crippen LogP contribution < -0.4 is 4.74 Å². The second kappa shape index (κ2) is 8.16. The Morgan fingerprint density at radius 3 is 2.41 bits per heavy atom.